The lowest BCUT2D eigenvalue weighted by Crippen LogP contribution is -1.98. The molecular weight excluding hydrogens is 184 g/mol. The van der Waals surface area contributed by atoms with E-state index in [-0.39, 0.29) is 0 Å². The second-order valence-electron chi connectivity index (χ2n) is 2.77. The summed E-state index contributed by atoms with van der Waals surface area (Å²) < 4.78 is 11.0. The van der Waals surface area contributed by atoms with Crippen molar-refractivity contribution in [2.24, 2.45) is 0 Å². The first-order valence-electron chi connectivity index (χ1n) is 4.71. The zero-order chi connectivity index (χ0) is 9.52. The first-order valence-corrected chi connectivity index (χ1v) is 5.59. The van der Waals surface area contributed by atoms with Crippen molar-refractivity contribution in [3.8, 4) is 10.8 Å². The van der Waals surface area contributed by atoms with Crippen LogP contribution in [0.1, 0.15) is 26.7 Å². The van der Waals surface area contributed by atoms with Crippen LogP contribution in [0.4, 0.5) is 0 Å². The minimum absolute atomic E-state index is 0.763. The number of hydrogen-bond donors (Lipinski definition) is 0. The van der Waals surface area contributed by atoms with Crippen molar-refractivity contribution in [2.45, 2.75) is 26.7 Å². The van der Waals surface area contributed by atoms with E-state index in [9.17, 15) is 0 Å². The molecule has 74 valence electrons. The molecule has 13 heavy (non-hydrogen) atoms. The van der Waals surface area contributed by atoms with Crippen LogP contribution in [0.2, 0.25) is 0 Å². The zero-order valence-electron chi connectivity index (χ0n) is 8.21. The third-order valence-electron chi connectivity index (χ3n) is 1.49. The summed E-state index contributed by atoms with van der Waals surface area (Å²) >= 11 is 1.59. The molecule has 1 aromatic rings. The maximum atomic E-state index is 5.52. The van der Waals surface area contributed by atoms with E-state index >= 15 is 0 Å². The minimum atomic E-state index is 0.763. The molecule has 2 nitrogen and oxygen atoms in total. The Morgan fingerprint density at radius 3 is 2.54 bits per heavy atom. The highest BCUT2D eigenvalue weighted by molar-refractivity contribution is 7.12. The number of hydrogen-bond acceptors (Lipinski definition) is 3. The fraction of sp³-hybridized carbons (Fsp3) is 0.600. The van der Waals surface area contributed by atoms with Crippen molar-refractivity contribution in [3.63, 3.8) is 0 Å². The Balaban J connectivity index is 2.45. The molecule has 0 spiro atoms. The summed E-state index contributed by atoms with van der Waals surface area (Å²) in [4.78, 5) is 0. The normalized spacial score (nSPS) is 10.0. The fourth-order valence-corrected chi connectivity index (χ4v) is 1.61. The van der Waals surface area contributed by atoms with Crippen LogP contribution in [-0.2, 0) is 0 Å². The topological polar surface area (TPSA) is 18.5 Å². The van der Waals surface area contributed by atoms with Gasteiger partial charge in [-0.3, -0.25) is 0 Å². The van der Waals surface area contributed by atoms with E-state index in [1.54, 1.807) is 11.3 Å². The van der Waals surface area contributed by atoms with Gasteiger partial charge in [-0.05, 0) is 24.3 Å². The molecule has 0 atom stereocenters. The maximum absolute atomic E-state index is 5.52. The summed E-state index contributed by atoms with van der Waals surface area (Å²) in [5.74, 6) is 0.889. The lowest BCUT2D eigenvalue weighted by atomic mass is 10.5. The van der Waals surface area contributed by atoms with Gasteiger partial charge in [0.2, 0.25) is 5.06 Å². The number of thiophene rings is 1. The molecule has 0 radical (unpaired) electrons. The van der Waals surface area contributed by atoms with E-state index in [1.807, 2.05) is 11.4 Å². The lowest BCUT2D eigenvalue weighted by molar-refractivity contribution is 0.276. The highest BCUT2D eigenvalue weighted by Gasteiger charge is 2.05. The van der Waals surface area contributed by atoms with Crippen LogP contribution in [0.15, 0.2) is 11.4 Å². The van der Waals surface area contributed by atoms with E-state index in [0.717, 1.165) is 36.9 Å². The summed E-state index contributed by atoms with van der Waals surface area (Å²) in [5, 5.41) is 2.91. The van der Waals surface area contributed by atoms with Gasteiger partial charge in [0.1, 0.15) is 0 Å². The summed E-state index contributed by atoms with van der Waals surface area (Å²) in [7, 11) is 0. The SMILES string of the molecule is CCCOc1ccsc1OCCC. The van der Waals surface area contributed by atoms with E-state index in [1.165, 1.54) is 0 Å². The molecule has 1 rings (SSSR count). The maximum Gasteiger partial charge on any atom is 0.216 e. The Morgan fingerprint density at radius 2 is 1.85 bits per heavy atom. The first-order chi connectivity index (χ1) is 6.38. The molecule has 0 saturated carbocycles. The second kappa shape index (κ2) is 5.86. The van der Waals surface area contributed by atoms with E-state index in [2.05, 4.69) is 13.8 Å². The molecule has 0 fully saturated rings. The molecule has 0 unspecified atom stereocenters. The van der Waals surface area contributed by atoms with Crippen LogP contribution in [0.5, 0.6) is 10.8 Å². The zero-order valence-corrected chi connectivity index (χ0v) is 9.02. The van der Waals surface area contributed by atoms with Crippen LogP contribution in [0.25, 0.3) is 0 Å². The molecule has 0 aliphatic rings. The Kier molecular flexibility index (Phi) is 4.68. The van der Waals surface area contributed by atoms with Gasteiger partial charge in [-0.2, -0.15) is 0 Å². The Labute approximate surface area is 83.5 Å². The number of rotatable bonds is 6. The van der Waals surface area contributed by atoms with Gasteiger partial charge in [-0.15, -0.1) is 11.3 Å². The molecular formula is C10H16O2S. The monoisotopic (exact) mass is 200 g/mol. The average Bonchev–Trinajstić information content (AvgIpc) is 2.59. The summed E-state index contributed by atoms with van der Waals surface area (Å²) in [6.07, 6.45) is 2.06. The standard InChI is InChI=1S/C10H16O2S/c1-3-6-11-9-5-8-13-10(9)12-7-4-2/h5,8H,3-4,6-7H2,1-2H3. The quantitative estimate of drug-likeness (QED) is 0.701. The average molecular weight is 200 g/mol. The predicted molar refractivity (Wildman–Crippen MR) is 55.9 cm³/mol. The van der Waals surface area contributed by atoms with E-state index < -0.39 is 0 Å². The summed E-state index contributed by atoms with van der Waals surface area (Å²) in [5.41, 5.74) is 0. The highest BCUT2D eigenvalue weighted by Crippen LogP contribution is 2.33. The van der Waals surface area contributed by atoms with Crippen LogP contribution in [0, 0.1) is 0 Å². The molecule has 0 aliphatic carbocycles. The van der Waals surface area contributed by atoms with E-state index in [0.29, 0.717) is 0 Å². The molecule has 0 aliphatic heterocycles. The van der Waals surface area contributed by atoms with Crippen molar-refractivity contribution >= 4 is 11.3 Å². The molecule has 0 saturated heterocycles. The summed E-state index contributed by atoms with van der Waals surface area (Å²) in [6, 6.07) is 1.96. The van der Waals surface area contributed by atoms with Crippen LogP contribution in [-0.4, -0.2) is 13.2 Å². The van der Waals surface area contributed by atoms with Gasteiger partial charge < -0.3 is 9.47 Å². The van der Waals surface area contributed by atoms with Crippen molar-refractivity contribution in [1.82, 2.24) is 0 Å². The van der Waals surface area contributed by atoms with Gasteiger partial charge in [0, 0.05) is 0 Å². The van der Waals surface area contributed by atoms with Gasteiger partial charge >= 0.3 is 0 Å². The third kappa shape index (κ3) is 3.27. The van der Waals surface area contributed by atoms with Gasteiger partial charge in [0.05, 0.1) is 13.2 Å². The van der Waals surface area contributed by atoms with Gasteiger partial charge in [-0.25, -0.2) is 0 Å². The first kappa shape index (κ1) is 10.4. The van der Waals surface area contributed by atoms with Crippen LogP contribution < -0.4 is 9.47 Å². The smallest absolute Gasteiger partial charge is 0.216 e. The van der Waals surface area contributed by atoms with Crippen LogP contribution in [0.3, 0.4) is 0 Å². The third-order valence-corrected chi connectivity index (χ3v) is 2.30. The van der Waals surface area contributed by atoms with Crippen LogP contribution >= 0.6 is 11.3 Å². The molecule has 0 amide bonds. The Morgan fingerprint density at radius 1 is 1.15 bits per heavy atom. The van der Waals surface area contributed by atoms with Crippen molar-refractivity contribution in [2.75, 3.05) is 13.2 Å². The molecule has 1 aromatic heterocycles. The molecule has 0 bridgehead atoms. The minimum Gasteiger partial charge on any atom is -0.489 e. The highest BCUT2D eigenvalue weighted by atomic mass is 32.1. The molecule has 0 N–H and O–H groups in total. The predicted octanol–water partition coefficient (Wildman–Crippen LogP) is 3.33. The van der Waals surface area contributed by atoms with Gasteiger partial charge in [-0.1, -0.05) is 13.8 Å². The Bertz CT molecular complexity index is 210. The molecule has 1 heterocycles. The van der Waals surface area contributed by atoms with Crippen molar-refractivity contribution in [3.05, 3.63) is 11.4 Å². The second-order valence-corrected chi connectivity index (χ2v) is 3.65. The number of ether oxygens (including phenoxy) is 2. The fourth-order valence-electron chi connectivity index (χ4n) is 0.903. The molecule has 3 heteroatoms. The largest absolute Gasteiger partial charge is 0.489 e. The lowest BCUT2D eigenvalue weighted by Gasteiger charge is -2.06. The van der Waals surface area contributed by atoms with Gasteiger partial charge in [0.25, 0.3) is 0 Å². The van der Waals surface area contributed by atoms with Crippen molar-refractivity contribution in [1.29, 1.82) is 0 Å². The molecule has 0 aromatic carbocycles. The Hall–Kier alpha value is -0.700. The van der Waals surface area contributed by atoms with Gasteiger partial charge in [0.15, 0.2) is 5.75 Å². The van der Waals surface area contributed by atoms with E-state index in [4.69, 9.17) is 9.47 Å². The summed E-state index contributed by atoms with van der Waals surface area (Å²) in [6.45, 7) is 5.72. The van der Waals surface area contributed by atoms with Crippen molar-refractivity contribution < 1.29 is 9.47 Å².